The van der Waals surface area contributed by atoms with Crippen molar-refractivity contribution in [3.63, 3.8) is 0 Å². The largest absolute Gasteiger partial charge is 0.490 e. The van der Waals surface area contributed by atoms with Crippen LogP contribution in [-0.4, -0.2) is 55.1 Å². The van der Waals surface area contributed by atoms with Gasteiger partial charge in [-0.25, -0.2) is 17.5 Å². The van der Waals surface area contributed by atoms with Gasteiger partial charge in [0.1, 0.15) is 17.4 Å². The summed E-state index contributed by atoms with van der Waals surface area (Å²) in [6.45, 7) is 1.94. The minimum absolute atomic E-state index is 0.130. The van der Waals surface area contributed by atoms with Gasteiger partial charge in [-0.2, -0.15) is 5.26 Å². The third-order valence-electron chi connectivity index (χ3n) is 4.67. The summed E-state index contributed by atoms with van der Waals surface area (Å²) in [5, 5.41) is 13.2. The third-order valence-corrected chi connectivity index (χ3v) is 6.76. The average molecular weight is 392 g/mol. The van der Waals surface area contributed by atoms with Gasteiger partial charge in [0.2, 0.25) is 10.0 Å². The monoisotopic (exact) mass is 392 g/mol. The molecule has 0 radical (unpaired) electrons. The van der Waals surface area contributed by atoms with Crippen LogP contribution in [0.25, 0.3) is 0 Å². The molecule has 0 aliphatic carbocycles. The summed E-state index contributed by atoms with van der Waals surface area (Å²) in [5.74, 6) is -0.498. The molecule has 2 fully saturated rings. The maximum atomic E-state index is 12.7. The Labute approximate surface area is 157 Å². The second-order valence-electron chi connectivity index (χ2n) is 6.85. The fourth-order valence-corrected chi connectivity index (χ4v) is 5.05. The van der Waals surface area contributed by atoms with Crippen molar-refractivity contribution < 1.29 is 22.7 Å². The van der Waals surface area contributed by atoms with E-state index in [9.17, 15) is 18.0 Å². The molecule has 144 valence electrons. The molecule has 0 bridgehead atoms. The van der Waals surface area contributed by atoms with Crippen molar-refractivity contribution in [2.45, 2.75) is 31.4 Å². The average Bonchev–Trinajstić information content (AvgIpc) is 2.87. The first-order valence-electron chi connectivity index (χ1n) is 8.50. The summed E-state index contributed by atoms with van der Waals surface area (Å²) in [5.41, 5.74) is -0.925. The number of carbonyl (C=O) groups excluding carboxylic acids is 2. The third kappa shape index (κ3) is 4.20. The van der Waals surface area contributed by atoms with E-state index in [1.165, 1.54) is 11.2 Å². The molecule has 0 spiro atoms. The number of hydrogen-bond acceptors (Lipinski definition) is 6. The Hall–Kier alpha value is -2.64. The molecular formula is C17H20N4O5S. The lowest BCUT2D eigenvalue weighted by Gasteiger charge is -2.33. The molecule has 2 aliphatic heterocycles. The van der Waals surface area contributed by atoms with E-state index in [2.05, 4.69) is 10.6 Å². The number of nitrogens with zero attached hydrogens (tertiary/aromatic N) is 2. The van der Waals surface area contributed by atoms with Crippen molar-refractivity contribution in [2.24, 2.45) is 0 Å². The van der Waals surface area contributed by atoms with Gasteiger partial charge >= 0.3 is 6.03 Å². The molecule has 1 aromatic carbocycles. The number of hydrogen-bond donors (Lipinski definition) is 2. The first kappa shape index (κ1) is 19.1. The fraction of sp³-hybridized carbons (Fsp3) is 0.471. The van der Waals surface area contributed by atoms with Crippen molar-refractivity contribution >= 4 is 22.0 Å². The second kappa shape index (κ2) is 7.17. The molecule has 10 heteroatoms. The SMILES string of the molecule is C[C@]1(CS(=O)(=O)N2CCC(Oc3ccc(C#N)cc3)CC2)NC(=O)NC1=O. The van der Waals surface area contributed by atoms with Crippen LogP contribution in [0.1, 0.15) is 25.3 Å². The topological polar surface area (TPSA) is 129 Å². The van der Waals surface area contributed by atoms with E-state index in [1.54, 1.807) is 24.3 Å². The lowest BCUT2D eigenvalue weighted by Crippen LogP contribution is -2.53. The summed E-state index contributed by atoms with van der Waals surface area (Å²) in [4.78, 5) is 23.2. The Morgan fingerprint density at radius 1 is 1.26 bits per heavy atom. The number of urea groups is 1. The Morgan fingerprint density at radius 3 is 2.41 bits per heavy atom. The van der Waals surface area contributed by atoms with Crippen LogP contribution >= 0.6 is 0 Å². The smallest absolute Gasteiger partial charge is 0.322 e. The summed E-state index contributed by atoms with van der Waals surface area (Å²) >= 11 is 0. The van der Waals surface area contributed by atoms with Gasteiger partial charge in [0.15, 0.2) is 0 Å². The summed E-state index contributed by atoms with van der Waals surface area (Å²) in [6, 6.07) is 8.10. The van der Waals surface area contributed by atoms with Crippen LogP contribution in [0.3, 0.4) is 0 Å². The molecule has 0 saturated carbocycles. The standard InChI is InChI=1S/C17H20N4O5S/c1-17(15(22)19-16(23)20-17)11-27(24,25)21-8-6-14(7-9-21)26-13-4-2-12(10-18)3-5-13/h2-5,14H,6-9,11H2,1H3,(H2,19,20,22,23)/t17-/m1/s1. The van der Waals surface area contributed by atoms with Crippen molar-refractivity contribution in [3.05, 3.63) is 29.8 Å². The number of ether oxygens (including phenoxy) is 1. The van der Waals surface area contributed by atoms with Crippen LogP contribution in [0.2, 0.25) is 0 Å². The number of sulfonamides is 1. The summed E-state index contributed by atoms with van der Waals surface area (Å²) < 4.78 is 32.5. The van der Waals surface area contributed by atoms with Gasteiger partial charge in [0, 0.05) is 13.1 Å². The van der Waals surface area contributed by atoms with E-state index in [0.29, 0.717) is 24.2 Å². The Bertz CT molecular complexity index is 885. The van der Waals surface area contributed by atoms with Crippen molar-refractivity contribution in [3.8, 4) is 11.8 Å². The number of amides is 3. The van der Waals surface area contributed by atoms with Crippen LogP contribution in [0.4, 0.5) is 4.79 Å². The number of rotatable bonds is 5. The number of nitriles is 1. The van der Waals surface area contributed by atoms with Crippen LogP contribution in [0, 0.1) is 11.3 Å². The van der Waals surface area contributed by atoms with Crippen molar-refractivity contribution in [1.82, 2.24) is 14.9 Å². The number of carbonyl (C=O) groups is 2. The number of nitrogens with one attached hydrogen (secondary N) is 2. The zero-order chi connectivity index (χ0) is 19.7. The lowest BCUT2D eigenvalue weighted by atomic mass is 10.1. The van der Waals surface area contributed by atoms with E-state index in [1.807, 2.05) is 6.07 Å². The molecule has 3 amide bonds. The maximum Gasteiger partial charge on any atom is 0.322 e. The first-order chi connectivity index (χ1) is 12.7. The molecule has 0 aromatic heterocycles. The van der Waals surface area contributed by atoms with E-state index < -0.39 is 33.3 Å². The van der Waals surface area contributed by atoms with Crippen LogP contribution in [0.15, 0.2) is 24.3 Å². The van der Waals surface area contributed by atoms with Crippen molar-refractivity contribution in [1.29, 1.82) is 5.26 Å². The Morgan fingerprint density at radius 2 is 1.89 bits per heavy atom. The summed E-state index contributed by atoms with van der Waals surface area (Å²) in [6.07, 6.45) is 0.887. The van der Waals surface area contributed by atoms with Gasteiger partial charge < -0.3 is 10.1 Å². The number of piperidine rings is 1. The molecule has 0 unspecified atom stereocenters. The molecule has 1 aromatic rings. The highest BCUT2D eigenvalue weighted by atomic mass is 32.2. The highest BCUT2D eigenvalue weighted by molar-refractivity contribution is 7.89. The van der Waals surface area contributed by atoms with Crippen LogP contribution < -0.4 is 15.4 Å². The van der Waals surface area contributed by atoms with Crippen LogP contribution in [-0.2, 0) is 14.8 Å². The zero-order valence-electron chi connectivity index (χ0n) is 14.8. The van der Waals surface area contributed by atoms with Gasteiger partial charge in [-0.05, 0) is 44.0 Å². The molecule has 3 rings (SSSR count). The highest BCUT2D eigenvalue weighted by Crippen LogP contribution is 2.23. The first-order valence-corrected chi connectivity index (χ1v) is 10.1. The van der Waals surface area contributed by atoms with Gasteiger partial charge in [-0.3, -0.25) is 10.1 Å². The van der Waals surface area contributed by atoms with Gasteiger partial charge in [0.25, 0.3) is 5.91 Å². The quantitative estimate of drug-likeness (QED) is 0.695. The molecule has 9 nitrogen and oxygen atoms in total. The molecule has 2 N–H and O–H groups in total. The number of benzene rings is 1. The van der Waals surface area contributed by atoms with Crippen LogP contribution in [0.5, 0.6) is 5.75 Å². The minimum atomic E-state index is -3.72. The van der Waals surface area contributed by atoms with Gasteiger partial charge in [-0.15, -0.1) is 0 Å². The van der Waals surface area contributed by atoms with E-state index in [4.69, 9.17) is 10.00 Å². The number of imide groups is 1. The maximum absolute atomic E-state index is 12.7. The molecule has 1 atom stereocenters. The zero-order valence-corrected chi connectivity index (χ0v) is 15.6. The van der Waals surface area contributed by atoms with Gasteiger partial charge in [0.05, 0.1) is 17.4 Å². The van der Waals surface area contributed by atoms with E-state index in [-0.39, 0.29) is 19.2 Å². The Kier molecular flexibility index (Phi) is 5.08. The summed E-state index contributed by atoms with van der Waals surface area (Å²) in [7, 11) is -3.72. The lowest BCUT2D eigenvalue weighted by molar-refractivity contribution is -0.122. The molecule has 27 heavy (non-hydrogen) atoms. The molecule has 2 heterocycles. The normalized spacial score (nSPS) is 24.1. The minimum Gasteiger partial charge on any atom is -0.490 e. The van der Waals surface area contributed by atoms with Gasteiger partial charge in [-0.1, -0.05) is 0 Å². The predicted molar refractivity (Wildman–Crippen MR) is 95.2 cm³/mol. The molecule has 2 aliphatic rings. The van der Waals surface area contributed by atoms with Crippen molar-refractivity contribution in [2.75, 3.05) is 18.8 Å². The molecular weight excluding hydrogens is 372 g/mol. The highest BCUT2D eigenvalue weighted by Gasteiger charge is 2.46. The molecule has 2 saturated heterocycles. The fourth-order valence-electron chi connectivity index (χ4n) is 3.17. The van der Waals surface area contributed by atoms with E-state index in [0.717, 1.165) is 0 Å². The second-order valence-corrected chi connectivity index (χ2v) is 8.82. The Balaban J connectivity index is 1.57. The predicted octanol–water partition coefficient (Wildman–Crippen LogP) is 0.329. The van der Waals surface area contributed by atoms with E-state index >= 15 is 0 Å².